The molecular weight excluding hydrogens is 333 g/mol. The lowest BCUT2D eigenvalue weighted by molar-refractivity contribution is -0.192. The normalized spacial score (nSPS) is 17.6. The van der Waals surface area contributed by atoms with Crippen LogP contribution in [0, 0.1) is 0 Å². The molecular formula is C10H15F3N2O4S2. The van der Waals surface area contributed by atoms with Gasteiger partial charge in [0.1, 0.15) is 0 Å². The van der Waals surface area contributed by atoms with Gasteiger partial charge in [0, 0.05) is 30.9 Å². The maximum atomic E-state index is 11.4. The van der Waals surface area contributed by atoms with Crippen molar-refractivity contribution in [2.75, 3.05) is 23.9 Å². The molecule has 1 saturated heterocycles. The van der Waals surface area contributed by atoms with Gasteiger partial charge < -0.3 is 10.4 Å². The lowest BCUT2D eigenvalue weighted by Gasteiger charge is -2.09. The number of rotatable bonds is 4. The molecule has 1 fully saturated rings. The van der Waals surface area contributed by atoms with Crippen LogP contribution in [0.2, 0.25) is 0 Å². The number of aliphatic carboxylic acids is 1. The fourth-order valence-electron chi connectivity index (χ4n) is 1.06. The molecule has 6 nitrogen and oxygen atoms in total. The Morgan fingerprint density at radius 3 is 2.38 bits per heavy atom. The van der Waals surface area contributed by atoms with Gasteiger partial charge in [0.15, 0.2) is 5.12 Å². The molecule has 0 aromatic rings. The third-order valence-electron chi connectivity index (χ3n) is 1.98. The summed E-state index contributed by atoms with van der Waals surface area (Å²) < 4.78 is 31.7. The predicted octanol–water partition coefficient (Wildman–Crippen LogP) is 0.678. The maximum absolute atomic E-state index is 11.4. The Bertz CT molecular complexity index is 374. The zero-order chi connectivity index (χ0) is 16.5. The fourth-order valence-corrected chi connectivity index (χ4v) is 2.49. The molecule has 0 saturated carbocycles. The molecule has 0 aromatic heterocycles. The molecule has 1 heterocycles. The second kappa shape index (κ2) is 9.90. The second-order valence-electron chi connectivity index (χ2n) is 3.71. The summed E-state index contributed by atoms with van der Waals surface area (Å²) in [4.78, 5) is 30.9. The molecule has 0 aliphatic carbocycles. The second-order valence-corrected chi connectivity index (χ2v) is 6.01. The van der Waals surface area contributed by atoms with Gasteiger partial charge in [-0.05, 0) is 0 Å². The van der Waals surface area contributed by atoms with E-state index in [1.54, 1.807) is 11.8 Å². The van der Waals surface area contributed by atoms with Gasteiger partial charge in [-0.1, -0.05) is 11.8 Å². The largest absolute Gasteiger partial charge is 0.490 e. The van der Waals surface area contributed by atoms with Crippen molar-refractivity contribution in [3.63, 3.8) is 0 Å². The van der Waals surface area contributed by atoms with Gasteiger partial charge >= 0.3 is 12.1 Å². The van der Waals surface area contributed by atoms with Crippen LogP contribution in [0.15, 0.2) is 0 Å². The van der Waals surface area contributed by atoms with E-state index in [1.807, 2.05) is 0 Å². The van der Waals surface area contributed by atoms with Gasteiger partial charge in [-0.3, -0.25) is 14.9 Å². The number of amides is 1. The number of halogens is 3. The van der Waals surface area contributed by atoms with Crippen LogP contribution in [0.25, 0.3) is 0 Å². The van der Waals surface area contributed by atoms with Crippen LogP contribution in [0.1, 0.15) is 6.92 Å². The molecule has 0 spiro atoms. The van der Waals surface area contributed by atoms with E-state index in [0.717, 1.165) is 11.6 Å². The van der Waals surface area contributed by atoms with Crippen LogP contribution in [0.5, 0.6) is 0 Å². The molecule has 1 aliphatic heterocycles. The number of thioether (sulfide) groups is 2. The van der Waals surface area contributed by atoms with E-state index in [2.05, 4.69) is 10.6 Å². The highest BCUT2D eigenvalue weighted by atomic mass is 32.2. The summed E-state index contributed by atoms with van der Waals surface area (Å²) >= 11 is 2.96. The minimum Gasteiger partial charge on any atom is -0.475 e. The van der Waals surface area contributed by atoms with E-state index in [4.69, 9.17) is 9.90 Å². The molecule has 0 bridgehead atoms. The van der Waals surface area contributed by atoms with Crippen molar-refractivity contribution in [3.8, 4) is 0 Å². The molecule has 1 amide bonds. The van der Waals surface area contributed by atoms with Crippen molar-refractivity contribution in [3.05, 3.63) is 0 Å². The summed E-state index contributed by atoms with van der Waals surface area (Å²) in [6.45, 7) is 2.09. The van der Waals surface area contributed by atoms with E-state index < -0.39 is 12.1 Å². The average molecular weight is 348 g/mol. The van der Waals surface area contributed by atoms with Crippen LogP contribution < -0.4 is 10.6 Å². The molecule has 1 rings (SSSR count). The standard InChI is InChI=1S/C8H14N2O2S2.C2HF3O2/c1-6(11)14-3-2-9-8(12)7-4-13-5-10-7;3-2(4,5)1(6)7/h7,10H,2-5H2,1H3,(H,9,12);(H,6,7)/t7-;/m0./s1. The number of carboxylic acid groups (broad SMARTS) is 1. The Balaban J connectivity index is 0.000000486. The number of nitrogens with one attached hydrogen (secondary N) is 2. The zero-order valence-corrected chi connectivity index (χ0v) is 12.7. The molecule has 0 radical (unpaired) electrons. The molecule has 21 heavy (non-hydrogen) atoms. The summed E-state index contributed by atoms with van der Waals surface area (Å²) in [6, 6.07) is -0.0534. The first-order chi connectivity index (χ1) is 9.64. The maximum Gasteiger partial charge on any atom is 0.490 e. The fraction of sp³-hybridized carbons (Fsp3) is 0.700. The highest BCUT2D eigenvalue weighted by Gasteiger charge is 2.38. The summed E-state index contributed by atoms with van der Waals surface area (Å²) in [6.07, 6.45) is -5.08. The van der Waals surface area contributed by atoms with E-state index in [-0.39, 0.29) is 17.1 Å². The summed E-state index contributed by atoms with van der Waals surface area (Å²) in [5.74, 6) is -0.376. The van der Waals surface area contributed by atoms with Crippen molar-refractivity contribution in [1.29, 1.82) is 0 Å². The predicted molar refractivity (Wildman–Crippen MR) is 74.1 cm³/mol. The van der Waals surface area contributed by atoms with Gasteiger partial charge in [0.05, 0.1) is 6.04 Å². The van der Waals surface area contributed by atoms with E-state index in [1.165, 1.54) is 18.7 Å². The average Bonchev–Trinajstić information content (AvgIpc) is 2.87. The van der Waals surface area contributed by atoms with Gasteiger partial charge in [0.25, 0.3) is 0 Å². The first kappa shape index (κ1) is 20.1. The Kier molecular flexibility index (Phi) is 9.46. The number of hydrogen-bond acceptors (Lipinski definition) is 6. The van der Waals surface area contributed by atoms with Gasteiger partial charge in [0.2, 0.25) is 5.91 Å². The number of carbonyl (C=O) groups excluding carboxylic acids is 2. The smallest absolute Gasteiger partial charge is 0.475 e. The Labute approximate surface area is 127 Å². The number of carboxylic acids is 1. The topological polar surface area (TPSA) is 95.5 Å². The summed E-state index contributed by atoms with van der Waals surface area (Å²) in [5.41, 5.74) is 0. The Morgan fingerprint density at radius 1 is 1.43 bits per heavy atom. The van der Waals surface area contributed by atoms with Crippen molar-refractivity contribution < 1.29 is 32.7 Å². The van der Waals surface area contributed by atoms with Crippen LogP contribution in [0.4, 0.5) is 13.2 Å². The zero-order valence-electron chi connectivity index (χ0n) is 11.0. The SMILES string of the molecule is CC(=O)SCCNC(=O)[C@@H]1CSCN1.O=C(O)C(F)(F)F. The first-order valence-corrected chi connectivity index (χ1v) is 7.81. The van der Waals surface area contributed by atoms with Gasteiger partial charge in [-0.25, -0.2) is 4.79 Å². The Hall–Kier alpha value is -0.940. The number of carbonyl (C=O) groups is 3. The van der Waals surface area contributed by atoms with Gasteiger partial charge in [-0.15, -0.1) is 11.8 Å². The van der Waals surface area contributed by atoms with Gasteiger partial charge in [-0.2, -0.15) is 13.2 Å². The third-order valence-corrected chi connectivity index (χ3v) is 3.74. The van der Waals surface area contributed by atoms with Crippen molar-refractivity contribution in [2.24, 2.45) is 0 Å². The molecule has 0 aromatic carbocycles. The monoisotopic (exact) mass is 348 g/mol. The first-order valence-electron chi connectivity index (χ1n) is 5.67. The minimum atomic E-state index is -5.08. The third kappa shape index (κ3) is 10.4. The van der Waals surface area contributed by atoms with E-state index >= 15 is 0 Å². The quantitative estimate of drug-likeness (QED) is 0.643. The molecule has 0 unspecified atom stereocenters. The summed E-state index contributed by atoms with van der Waals surface area (Å²) in [5, 5.41) is 13.1. The van der Waals surface area contributed by atoms with Crippen molar-refractivity contribution in [2.45, 2.75) is 19.1 Å². The van der Waals surface area contributed by atoms with Crippen LogP contribution in [-0.2, 0) is 14.4 Å². The summed E-state index contributed by atoms with van der Waals surface area (Å²) in [7, 11) is 0. The molecule has 1 aliphatic rings. The number of alkyl halides is 3. The Morgan fingerprint density at radius 2 is 2.00 bits per heavy atom. The van der Waals surface area contributed by atoms with Crippen molar-refractivity contribution >= 4 is 40.5 Å². The molecule has 122 valence electrons. The lowest BCUT2D eigenvalue weighted by Crippen LogP contribution is -2.42. The van der Waals surface area contributed by atoms with Crippen LogP contribution in [-0.4, -0.2) is 58.2 Å². The highest BCUT2D eigenvalue weighted by molar-refractivity contribution is 8.13. The van der Waals surface area contributed by atoms with E-state index in [9.17, 15) is 22.8 Å². The minimum absolute atomic E-state index is 0.0409. The number of hydrogen-bond donors (Lipinski definition) is 3. The van der Waals surface area contributed by atoms with E-state index in [0.29, 0.717) is 12.3 Å². The molecule has 11 heteroatoms. The van der Waals surface area contributed by atoms with Crippen LogP contribution in [0.3, 0.4) is 0 Å². The lowest BCUT2D eigenvalue weighted by atomic mass is 10.3. The van der Waals surface area contributed by atoms with Crippen LogP contribution >= 0.6 is 23.5 Å². The van der Waals surface area contributed by atoms with Crippen molar-refractivity contribution in [1.82, 2.24) is 10.6 Å². The molecule has 1 atom stereocenters. The molecule has 3 N–H and O–H groups in total. The highest BCUT2D eigenvalue weighted by Crippen LogP contribution is 2.13.